The van der Waals surface area contributed by atoms with E-state index in [-0.39, 0.29) is 6.04 Å². The van der Waals surface area contributed by atoms with Crippen molar-refractivity contribution in [2.45, 2.75) is 12.5 Å². The van der Waals surface area contributed by atoms with Crippen LogP contribution in [0.1, 0.15) is 18.0 Å². The Bertz CT molecular complexity index is 619. The lowest BCUT2D eigenvalue weighted by Gasteiger charge is -2.27. The lowest BCUT2D eigenvalue weighted by atomic mass is 10.00. The van der Waals surface area contributed by atoms with Crippen LogP contribution in [0.25, 0.3) is 0 Å². The minimum atomic E-state index is 0.173. The first-order valence-corrected chi connectivity index (χ1v) is 6.83. The van der Waals surface area contributed by atoms with Gasteiger partial charge in [0.1, 0.15) is 16.7 Å². The Morgan fingerprint density at radius 3 is 3.05 bits per heavy atom. The number of nitrogens with zero attached hydrogens (tertiary/aromatic N) is 1. The molecule has 4 nitrogen and oxygen atoms in total. The Balaban J connectivity index is 1.89. The van der Waals surface area contributed by atoms with E-state index >= 15 is 0 Å². The molecular weight excluding hydrogens is 276 g/mol. The van der Waals surface area contributed by atoms with Gasteiger partial charge >= 0.3 is 0 Å². The lowest BCUT2D eigenvalue weighted by molar-refractivity contribution is 0.273. The van der Waals surface area contributed by atoms with Gasteiger partial charge in [0.2, 0.25) is 0 Å². The van der Waals surface area contributed by atoms with E-state index in [0.717, 1.165) is 29.2 Å². The van der Waals surface area contributed by atoms with Gasteiger partial charge in [-0.1, -0.05) is 11.6 Å². The van der Waals surface area contributed by atoms with E-state index in [1.54, 1.807) is 13.3 Å². The molecule has 0 radical (unpaired) electrons. The molecule has 0 saturated carbocycles. The van der Waals surface area contributed by atoms with E-state index in [1.165, 1.54) is 0 Å². The molecule has 1 aromatic carbocycles. The Hall–Kier alpha value is -1.94. The Kier molecular flexibility index (Phi) is 3.65. The smallest absolute Gasteiger partial charge is 0.131 e. The van der Waals surface area contributed by atoms with Gasteiger partial charge in [-0.3, -0.25) is 0 Å². The number of rotatable bonds is 3. The molecule has 3 rings (SSSR count). The number of methoxy groups -OCH3 is 1. The number of halogens is 1. The predicted molar refractivity (Wildman–Crippen MR) is 78.7 cm³/mol. The highest BCUT2D eigenvalue weighted by Crippen LogP contribution is 2.36. The predicted octanol–water partition coefficient (Wildman–Crippen LogP) is 3.68. The number of hydrogen-bond acceptors (Lipinski definition) is 4. The van der Waals surface area contributed by atoms with Crippen molar-refractivity contribution in [2.24, 2.45) is 0 Å². The normalized spacial score (nSPS) is 17.0. The second-order valence-corrected chi connectivity index (χ2v) is 4.99. The summed E-state index contributed by atoms with van der Waals surface area (Å²) < 4.78 is 11.0. The van der Waals surface area contributed by atoms with E-state index in [9.17, 15) is 0 Å². The third-order valence-electron chi connectivity index (χ3n) is 3.32. The van der Waals surface area contributed by atoms with Crippen molar-refractivity contribution < 1.29 is 9.47 Å². The summed E-state index contributed by atoms with van der Waals surface area (Å²) in [5, 5.41) is 3.95. The van der Waals surface area contributed by atoms with Crippen LogP contribution in [-0.2, 0) is 0 Å². The third-order valence-corrected chi connectivity index (χ3v) is 3.53. The summed E-state index contributed by atoms with van der Waals surface area (Å²) in [6.07, 6.45) is 2.58. The topological polar surface area (TPSA) is 43.4 Å². The summed E-state index contributed by atoms with van der Waals surface area (Å²) in [5.74, 6) is 1.73. The molecule has 0 aliphatic carbocycles. The Labute approximate surface area is 122 Å². The van der Waals surface area contributed by atoms with Crippen LogP contribution in [0.5, 0.6) is 11.5 Å². The van der Waals surface area contributed by atoms with Gasteiger partial charge in [-0.2, -0.15) is 0 Å². The molecule has 2 aromatic rings. The molecule has 5 heteroatoms. The first kappa shape index (κ1) is 13.1. The number of ether oxygens (including phenoxy) is 2. The monoisotopic (exact) mass is 290 g/mol. The highest BCUT2D eigenvalue weighted by Gasteiger charge is 2.22. The first-order chi connectivity index (χ1) is 9.76. The van der Waals surface area contributed by atoms with Gasteiger partial charge in [0.25, 0.3) is 0 Å². The van der Waals surface area contributed by atoms with Gasteiger partial charge in [0, 0.05) is 23.9 Å². The van der Waals surface area contributed by atoms with Gasteiger partial charge in [-0.05, 0) is 30.3 Å². The van der Waals surface area contributed by atoms with Crippen LogP contribution in [0, 0.1) is 0 Å². The largest absolute Gasteiger partial charge is 0.497 e. The fourth-order valence-corrected chi connectivity index (χ4v) is 2.52. The van der Waals surface area contributed by atoms with Crippen molar-refractivity contribution in [3.05, 3.63) is 47.2 Å². The molecule has 1 aromatic heterocycles. The van der Waals surface area contributed by atoms with Crippen LogP contribution in [0.2, 0.25) is 5.15 Å². The van der Waals surface area contributed by atoms with Crippen molar-refractivity contribution in [3.8, 4) is 11.5 Å². The molecule has 104 valence electrons. The van der Waals surface area contributed by atoms with Crippen LogP contribution < -0.4 is 14.8 Å². The molecule has 0 amide bonds. The molecule has 2 heterocycles. The van der Waals surface area contributed by atoms with Crippen LogP contribution >= 0.6 is 11.6 Å². The summed E-state index contributed by atoms with van der Waals surface area (Å²) in [7, 11) is 1.66. The van der Waals surface area contributed by atoms with E-state index in [4.69, 9.17) is 21.1 Å². The zero-order valence-electron chi connectivity index (χ0n) is 11.1. The van der Waals surface area contributed by atoms with Crippen molar-refractivity contribution in [3.63, 3.8) is 0 Å². The summed E-state index contributed by atoms with van der Waals surface area (Å²) in [5.41, 5.74) is 2.05. The molecular formula is C15H15ClN2O2. The molecule has 1 aliphatic heterocycles. The second-order valence-electron chi connectivity index (χ2n) is 4.61. The molecule has 0 fully saturated rings. The van der Waals surface area contributed by atoms with E-state index in [2.05, 4.69) is 10.3 Å². The highest BCUT2D eigenvalue weighted by atomic mass is 35.5. The van der Waals surface area contributed by atoms with Crippen LogP contribution in [-0.4, -0.2) is 18.7 Å². The van der Waals surface area contributed by atoms with Gasteiger partial charge < -0.3 is 14.8 Å². The van der Waals surface area contributed by atoms with E-state index in [1.807, 2.05) is 30.3 Å². The van der Waals surface area contributed by atoms with E-state index < -0.39 is 0 Å². The van der Waals surface area contributed by atoms with Gasteiger partial charge in [-0.15, -0.1) is 0 Å². The average molecular weight is 291 g/mol. The Morgan fingerprint density at radius 2 is 2.25 bits per heavy atom. The highest BCUT2D eigenvalue weighted by molar-refractivity contribution is 6.29. The molecule has 0 bridgehead atoms. The van der Waals surface area contributed by atoms with Crippen molar-refractivity contribution in [1.29, 1.82) is 0 Å². The summed E-state index contributed by atoms with van der Waals surface area (Å²) in [6.45, 7) is 0.690. The minimum absolute atomic E-state index is 0.173. The molecule has 1 atom stereocenters. The van der Waals surface area contributed by atoms with Crippen molar-refractivity contribution in [2.75, 3.05) is 19.0 Å². The zero-order chi connectivity index (χ0) is 13.9. The first-order valence-electron chi connectivity index (χ1n) is 6.45. The van der Waals surface area contributed by atoms with Crippen LogP contribution in [0.15, 0.2) is 36.5 Å². The molecule has 1 unspecified atom stereocenters. The molecule has 1 aliphatic rings. The maximum Gasteiger partial charge on any atom is 0.131 e. The number of aromatic nitrogens is 1. The van der Waals surface area contributed by atoms with Crippen molar-refractivity contribution in [1.82, 2.24) is 4.98 Å². The second kappa shape index (κ2) is 5.59. The van der Waals surface area contributed by atoms with Crippen molar-refractivity contribution >= 4 is 17.3 Å². The number of anilines is 1. The number of fused-ring (bicyclic) bond motifs is 1. The fraction of sp³-hybridized carbons (Fsp3) is 0.267. The molecule has 0 spiro atoms. The minimum Gasteiger partial charge on any atom is -0.497 e. The summed E-state index contributed by atoms with van der Waals surface area (Å²) >= 11 is 5.91. The van der Waals surface area contributed by atoms with Gasteiger partial charge in [-0.25, -0.2) is 4.98 Å². The molecule has 20 heavy (non-hydrogen) atoms. The molecule has 0 saturated heterocycles. The summed E-state index contributed by atoms with van der Waals surface area (Å²) in [6, 6.07) is 9.76. The SMILES string of the molecule is COc1ccc2c(c1)C(Nc1ccnc(Cl)c1)CCO2. The fourth-order valence-electron chi connectivity index (χ4n) is 2.34. The Morgan fingerprint density at radius 1 is 1.35 bits per heavy atom. The number of pyridine rings is 1. The maximum absolute atomic E-state index is 5.91. The number of nitrogens with one attached hydrogen (secondary N) is 1. The van der Waals surface area contributed by atoms with E-state index in [0.29, 0.717) is 11.8 Å². The van der Waals surface area contributed by atoms with Gasteiger partial charge in [0.05, 0.1) is 19.8 Å². The quantitative estimate of drug-likeness (QED) is 0.876. The van der Waals surface area contributed by atoms with Crippen LogP contribution in [0.4, 0.5) is 5.69 Å². The maximum atomic E-state index is 5.91. The zero-order valence-corrected chi connectivity index (χ0v) is 11.9. The molecule has 1 N–H and O–H groups in total. The average Bonchev–Trinajstić information content (AvgIpc) is 2.47. The van der Waals surface area contributed by atoms with Crippen LogP contribution in [0.3, 0.4) is 0 Å². The number of benzene rings is 1. The third kappa shape index (κ3) is 2.65. The summed E-state index contributed by atoms with van der Waals surface area (Å²) in [4.78, 5) is 3.99. The lowest BCUT2D eigenvalue weighted by Crippen LogP contribution is -2.20. The van der Waals surface area contributed by atoms with Gasteiger partial charge in [0.15, 0.2) is 0 Å². The number of hydrogen-bond donors (Lipinski definition) is 1. The standard InChI is InChI=1S/C15H15ClN2O2/c1-19-11-2-3-14-12(9-11)13(5-7-20-14)18-10-4-6-17-15(16)8-10/h2-4,6,8-9,13H,5,7H2,1H3,(H,17,18).